The van der Waals surface area contributed by atoms with E-state index in [4.69, 9.17) is 0 Å². The summed E-state index contributed by atoms with van der Waals surface area (Å²) >= 11 is 0. The van der Waals surface area contributed by atoms with Crippen molar-refractivity contribution in [2.45, 2.75) is 0 Å². The van der Waals surface area contributed by atoms with Crippen molar-refractivity contribution >= 4 is 0 Å². The quantitative estimate of drug-likeness (QED) is 0.0963. The highest BCUT2D eigenvalue weighted by atomic mass is 19.2. The van der Waals surface area contributed by atoms with Gasteiger partial charge in [0.05, 0.1) is 0 Å². The molecular weight excluding hydrogens is 531 g/mol. The standard InChI is InChI=1S/C30H9F9/c31-22-19(13-12-18-10-8-17(9-11-18)7-6-16-4-2-1-3-5-16)23(32)25(34)20(24(22)33)14-15-21-26(35)28(37)30(39)29(38)27(21)36/h1-5,8-11H. The molecule has 0 unspecified atom stereocenters. The Morgan fingerprint density at radius 1 is 0.282 bits per heavy atom. The van der Waals surface area contributed by atoms with Crippen molar-refractivity contribution in [3.05, 3.63) is 140 Å². The van der Waals surface area contributed by atoms with E-state index in [2.05, 4.69) is 17.8 Å². The van der Waals surface area contributed by atoms with Gasteiger partial charge in [0, 0.05) is 16.7 Å². The average molecular weight is 540 g/mol. The van der Waals surface area contributed by atoms with Gasteiger partial charge in [0.2, 0.25) is 5.82 Å². The summed E-state index contributed by atoms with van der Waals surface area (Å²) < 4.78 is 125. The van der Waals surface area contributed by atoms with Gasteiger partial charge >= 0.3 is 0 Å². The molecular formula is C30H9F9. The van der Waals surface area contributed by atoms with Crippen molar-refractivity contribution in [3.63, 3.8) is 0 Å². The molecule has 4 rings (SSSR count). The molecule has 0 nitrogen and oxygen atoms in total. The molecule has 4 aromatic carbocycles. The Hall–Kier alpha value is -5.07. The van der Waals surface area contributed by atoms with Crippen LogP contribution < -0.4 is 0 Å². The van der Waals surface area contributed by atoms with Crippen molar-refractivity contribution in [2.24, 2.45) is 0 Å². The fraction of sp³-hybridized carbons (Fsp3) is 0. The minimum absolute atomic E-state index is 0.218. The van der Waals surface area contributed by atoms with Gasteiger partial charge in [-0.1, -0.05) is 53.7 Å². The van der Waals surface area contributed by atoms with Crippen molar-refractivity contribution in [2.75, 3.05) is 0 Å². The molecule has 39 heavy (non-hydrogen) atoms. The van der Waals surface area contributed by atoms with Crippen LogP contribution in [-0.4, -0.2) is 0 Å². The van der Waals surface area contributed by atoms with Crippen LogP contribution in [0, 0.1) is 87.9 Å². The Labute approximate surface area is 215 Å². The number of rotatable bonds is 0. The smallest absolute Gasteiger partial charge is 0.200 e. The van der Waals surface area contributed by atoms with E-state index in [1.165, 1.54) is 24.0 Å². The van der Waals surface area contributed by atoms with E-state index in [1.54, 1.807) is 12.1 Å². The largest absolute Gasteiger partial charge is 0.202 e. The van der Waals surface area contributed by atoms with E-state index in [0.717, 1.165) is 5.56 Å². The summed E-state index contributed by atoms with van der Waals surface area (Å²) in [4.78, 5) is 0. The molecule has 0 saturated carbocycles. The first kappa shape index (κ1) is 27.0. The maximum absolute atomic E-state index is 14.5. The molecule has 0 aliphatic carbocycles. The zero-order chi connectivity index (χ0) is 28.3. The highest BCUT2D eigenvalue weighted by molar-refractivity contribution is 5.52. The Morgan fingerprint density at radius 3 is 0.923 bits per heavy atom. The van der Waals surface area contributed by atoms with E-state index in [1.807, 2.05) is 36.3 Å². The van der Waals surface area contributed by atoms with Crippen molar-refractivity contribution in [1.82, 2.24) is 0 Å². The fourth-order valence-corrected chi connectivity index (χ4v) is 3.13. The second-order valence-corrected chi connectivity index (χ2v) is 7.64. The predicted octanol–water partition coefficient (Wildman–Crippen LogP) is 7.14. The second-order valence-electron chi connectivity index (χ2n) is 7.64. The zero-order valence-electron chi connectivity index (χ0n) is 19.1. The van der Waals surface area contributed by atoms with Gasteiger partial charge in [-0.15, -0.1) is 0 Å². The van der Waals surface area contributed by atoms with Crippen molar-refractivity contribution < 1.29 is 39.5 Å². The third-order valence-electron chi connectivity index (χ3n) is 5.13. The predicted molar refractivity (Wildman–Crippen MR) is 123 cm³/mol. The molecule has 0 bridgehead atoms. The normalized spacial score (nSPS) is 10.1. The molecule has 0 atom stereocenters. The molecule has 0 aliphatic rings. The lowest BCUT2D eigenvalue weighted by Crippen LogP contribution is -2.06. The maximum Gasteiger partial charge on any atom is 0.200 e. The highest BCUT2D eigenvalue weighted by Crippen LogP contribution is 2.25. The number of benzene rings is 4. The van der Waals surface area contributed by atoms with Crippen LogP contribution in [0.1, 0.15) is 33.4 Å². The first-order valence-electron chi connectivity index (χ1n) is 10.7. The Kier molecular flexibility index (Phi) is 7.70. The number of hydrogen-bond acceptors (Lipinski definition) is 0. The van der Waals surface area contributed by atoms with Crippen molar-refractivity contribution in [3.8, 4) is 35.5 Å². The Morgan fingerprint density at radius 2 is 0.538 bits per heavy atom. The topological polar surface area (TPSA) is 0 Å². The van der Waals surface area contributed by atoms with E-state index in [-0.39, 0.29) is 5.56 Å². The van der Waals surface area contributed by atoms with Gasteiger partial charge in [-0.25, -0.2) is 39.5 Å². The third kappa shape index (κ3) is 5.46. The van der Waals surface area contributed by atoms with E-state index < -0.39 is 69.0 Å². The zero-order valence-corrected chi connectivity index (χ0v) is 19.1. The van der Waals surface area contributed by atoms with Gasteiger partial charge in [-0.2, -0.15) is 0 Å². The highest BCUT2D eigenvalue weighted by Gasteiger charge is 2.26. The van der Waals surface area contributed by atoms with Gasteiger partial charge < -0.3 is 0 Å². The molecule has 0 saturated heterocycles. The minimum atomic E-state index is -2.48. The van der Waals surface area contributed by atoms with Crippen LogP contribution in [0.15, 0.2) is 54.6 Å². The summed E-state index contributed by atoms with van der Waals surface area (Å²) in [7, 11) is 0. The molecule has 9 heteroatoms. The number of halogens is 9. The molecule has 4 aromatic rings. The molecule has 0 aliphatic heterocycles. The Balaban J connectivity index is 1.66. The molecule has 0 fully saturated rings. The van der Waals surface area contributed by atoms with Gasteiger partial charge in [-0.05, 0) is 36.4 Å². The first-order chi connectivity index (χ1) is 18.6. The summed E-state index contributed by atoms with van der Waals surface area (Å²) in [5.74, 6) is -7.23. The average Bonchev–Trinajstić information content (AvgIpc) is 2.95. The van der Waals surface area contributed by atoms with E-state index in [0.29, 0.717) is 5.56 Å². The van der Waals surface area contributed by atoms with Crippen LogP contribution in [0.3, 0.4) is 0 Å². The maximum atomic E-state index is 14.5. The summed E-state index contributed by atoms with van der Waals surface area (Å²) in [6.07, 6.45) is 0. The molecule has 0 aromatic heterocycles. The SMILES string of the molecule is Fc1c(F)c(F)c(C#Cc2c(F)c(F)c(C#Cc3ccc(C#Cc4ccccc4)cc3)c(F)c2F)c(F)c1F. The first-order valence-corrected chi connectivity index (χ1v) is 10.7. The lowest BCUT2D eigenvalue weighted by atomic mass is 10.1. The monoisotopic (exact) mass is 540 g/mol. The van der Waals surface area contributed by atoms with Gasteiger partial charge in [0.1, 0.15) is 16.7 Å². The van der Waals surface area contributed by atoms with Gasteiger partial charge in [0.15, 0.2) is 46.5 Å². The summed E-state index contributed by atoms with van der Waals surface area (Å²) in [5, 5.41) is 0. The van der Waals surface area contributed by atoms with Crippen LogP contribution in [0.25, 0.3) is 0 Å². The Bertz CT molecular complexity index is 1730. The number of hydrogen-bond donors (Lipinski definition) is 0. The summed E-state index contributed by atoms with van der Waals surface area (Å²) in [6.45, 7) is 0. The van der Waals surface area contributed by atoms with Gasteiger partial charge in [-0.3, -0.25) is 0 Å². The second kappa shape index (κ2) is 11.1. The van der Waals surface area contributed by atoms with E-state index in [9.17, 15) is 39.5 Å². The van der Waals surface area contributed by atoms with Crippen LogP contribution in [0.4, 0.5) is 39.5 Å². The lowest BCUT2D eigenvalue weighted by molar-refractivity contribution is 0.376. The van der Waals surface area contributed by atoms with Gasteiger partial charge in [0.25, 0.3) is 0 Å². The molecule has 0 heterocycles. The van der Waals surface area contributed by atoms with E-state index >= 15 is 0 Å². The minimum Gasteiger partial charge on any atom is -0.202 e. The molecule has 0 spiro atoms. The van der Waals surface area contributed by atoms with Crippen LogP contribution in [0.5, 0.6) is 0 Å². The fourth-order valence-electron chi connectivity index (χ4n) is 3.13. The molecule has 192 valence electrons. The van der Waals surface area contributed by atoms with Crippen LogP contribution in [-0.2, 0) is 0 Å². The summed E-state index contributed by atoms with van der Waals surface area (Å²) in [5.41, 5.74) is -3.10. The van der Waals surface area contributed by atoms with Crippen molar-refractivity contribution in [1.29, 1.82) is 0 Å². The van der Waals surface area contributed by atoms with Crippen LogP contribution >= 0.6 is 0 Å². The molecule has 0 amide bonds. The molecule has 0 N–H and O–H groups in total. The lowest BCUT2D eigenvalue weighted by Gasteiger charge is -2.05. The third-order valence-corrected chi connectivity index (χ3v) is 5.13. The summed E-state index contributed by atoms with van der Waals surface area (Å²) in [6, 6.07) is 15.1. The molecule has 0 radical (unpaired) electrons. The van der Waals surface area contributed by atoms with Crippen LogP contribution in [0.2, 0.25) is 0 Å².